The maximum Gasteiger partial charge on any atom is 0.135 e. The molecule has 1 aliphatic carbocycles. The van der Waals surface area contributed by atoms with Crippen LogP contribution in [0.3, 0.4) is 0 Å². The molecule has 0 unspecified atom stereocenters. The van der Waals surface area contributed by atoms with E-state index in [-0.39, 0.29) is 0 Å². The van der Waals surface area contributed by atoms with Gasteiger partial charge in [-0.15, -0.1) is 0 Å². The van der Waals surface area contributed by atoms with Gasteiger partial charge in [0.25, 0.3) is 0 Å². The quantitative estimate of drug-likeness (QED) is 0.144. The molecule has 1 aromatic heterocycles. The van der Waals surface area contributed by atoms with Gasteiger partial charge >= 0.3 is 0 Å². The fourth-order valence-corrected chi connectivity index (χ4v) is 11.0. The van der Waals surface area contributed by atoms with Gasteiger partial charge in [0, 0.05) is 27.7 Å². The second-order valence-electron chi connectivity index (χ2n) is 18.0. The van der Waals surface area contributed by atoms with Crippen LogP contribution in [0.2, 0.25) is 0 Å². The molecule has 13 rings (SSSR count). The lowest BCUT2D eigenvalue weighted by molar-refractivity contribution is 0.669. The van der Waals surface area contributed by atoms with Gasteiger partial charge in [-0.25, -0.2) is 0 Å². The van der Waals surface area contributed by atoms with E-state index in [2.05, 4.69) is 266 Å². The third-order valence-electron chi connectivity index (χ3n) is 14.2. The van der Waals surface area contributed by atoms with Gasteiger partial charge in [0.05, 0.1) is 11.1 Å². The Hall–Kier alpha value is -8.98. The lowest BCUT2D eigenvalue weighted by atomic mass is 9.68. The molecule has 2 nitrogen and oxygen atoms in total. The normalized spacial score (nSPS) is 12.5. The Morgan fingerprint density at radius 3 is 1.43 bits per heavy atom. The molecule has 1 aliphatic rings. The number of para-hydroxylation sites is 2. The van der Waals surface area contributed by atoms with E-state index in [1.54, 1.807) is 0 Å². The summed E-state index contributed by atoms with van der Waals surface area (Å²) in [5.74, 6) is 0. The minimum atomic E-state index is -0.482. The Balaban J connectivity index is 0.924. The summed E-state index contributed by atoms with van der Waals surface area (Å²) in [5, 5.41) is 2.27. The lowest BCUT2D eigenvalue weighted by Gasteiger charge is -2.34. The van der Waals surface area contributed by atoms with Crippen molar-refractivity contribution in [3.63, 3.8) is 0 Å². The van der Waals surface area contributed by atoms with Gasteiger partial charge in [0.15, 0.2) is 0 Å². The molecule has 69 heavy (non-hydrogen) atoms. The van der Waals surface area contributed by atoms with Gasteiger partial charge in [0.2, 0.25) is 0 Å². The SMILES string of the molecule is c1ccc(-c2ccc(-c3ccccc3N(c3ccc(-c4cccc(-c5ccc6oc7ccccc7c6c5)c4)cc3)c3ccc(C4(c5ccccc5)c5ccccc5-c5ccccc54)cc3)cc2)cc1. The fourth-order valence-electron chi connectivity index (χ4n) is 11.0. The number of anilines is 3. The molecule has 0 amide bonds. The smallest absolute Gasteiger partial charge is 0.135 e. The van der Waals surface area contributed by atoms with Crippen LogP contribution >= 0.6 is 0 Å². The van der Waals surface area contributed by atoms with Crippen LogP contribution in [0.25, 0.3) is 77.6 Å². The Bertz CT molecular complexity index is 3770. The number of rotatable bonds is 9. The van der Waals surface area contributed by atoms with E-state index in [4.69, 9.17) is 4.42 Å². The first-order valence-electron chi connectivity index (χ1n) is 23.7. The van der Waals surface area contributed by atoms with Gasteiger partial charge < -0.3 is 9.32 Å². The van der Waals surface area contributed by atoms with E-state index < -0.39 is 5.41 Å². The molecular weight excluding hydrogens is 835 g/mol. The van der Waals surface area contributed by atoms with Crippen LogP contribution in [-0.4, -0.2) is 0 Å². The van der Waals surface area contributed by atoms with Crippen molar-refractivity contribution in [3.05, 3.63) is 295 Å². The monoisotopic (exact) mass is 879 g/mol. The van der Waals surface area contributed by atoms with Crippen LogP contribution in [0.15, 0.2) is 277 Å². The summed E-state index contributed by atoms with van der Waals surface area (Å²) in [6.45, 7) is 0. The number of furan rings is 1. The van der Waals surface area contributed by atoms with Crippen molar-refractivity contribution in [2.45, 2.75) is 5.41 Å². The third kappa shape index (κ3) is 6.80. The molecule has 0 fully saturated rings. The molecule has 2 heteroatoms. The molecule has 1 heterocycles. The molecule has 0 saturated heterocycles. The largest absolute Gasteiger partial charge is 0.456 e. The number of benzene rings is 11. The van der Waals surface area contributed by atoms with Gasteiger partial charge in [-0.3, -0.25) is 0 Å². The van der Waals surface area contributed by atoms with E-state index in [1.807, 2.05) is 12.1 Å². The first-order valence-corrected chi connectivity index (χ1v) is 23.7. The molecule has 0 saturated carbocycles. The highest BCUT2D eigenvalue weighted by Crippen LogP contribution is 2.56. The average molecular weight is 880 g/mol. The molecule has 0 atom stereocenters. The molecule has 0 N–H and O–H groups in total. The van der Waals surface area contributed by atoms with Crippen LogP contribution in [0, 0.1) is 0 Å². The van der Waals surface area contributed by atoms with Crippen LogP contribution in [0.5, 0.6) is 0 Å². The Kier molecular flexibility index (Phi) is 9.77. The van der Waals surface area contributed by atoms with Crippen LogP contribution in [-0.2, 0) is 5.41 Å². The van der Waals surface area contributed by atoms with E-state index in [9.17, 15) is 0 Å². The van der Waals surface area contributed by atoms with E-state index >= 15 is 0 Å². The Labute approximate surface area is 402 Å². The first kappa shape index (κ1) is 40.3. The van der Waals surface area contributed by atoms with Gasteiger partial charge in [-0.05, 0) is 127 Å². The first-order chi connectivity index (χ1) is 34.2. The molecule has 11 aromatic carbocycles. The summed E-state index contributed by atoms with van der Waals surface area (Å²) in [4.78, 5) is 2.42. The van der Waals surface area contributed by atoms with E-state index in [0.29, 0.717) is 0 Å². The molecule has 0 bridgehead atoms. The summed E-state index contributed by atoms with van der Waals surface area (Å²) in [5.41, 5.74) is 21.6. The highest BCUT2D eigenvalue weighted by Gasteiger charge is 2.45. The zero-order valence-electron chi connectivity index (χ0n) is 37.8. The summed E-state index contributed by atoms with van der Waals surface area (Å²) >= 11 is 0. The average Bonchev–Trinajstić information content (AvgIpc) is 3.96. The number of fused-ring (bicyclic) bond motifs is 6. The standard InChI is InChI=1S/C67H45NO/c1-3-16-46(17-4-1)47-30-32-49(33-31-47)57-22-9-13-28-64(57)68(55-39-34-48(35-40-55)50-18-15-19-51(44-50)52-36-43-66-61(45-52)60-25-10-14-29-65(60)69-66)56-41-37-54(38-42-56)67(53-20-5-2-6-21-53)62-26-11-7-23-58(62)59-24-8-12-27-63(59)67/h1-45H. The molecule has 0 spiro atoms. The van der Waals surface area contributed by atoms with Crippen LogP contribution in [0.1, 0.15) is 22.3 Å². The second-order valence-corrected chi connectivity index (χ2v) is 18.0. The fraction of sp³-hybridized carbons (Fsp3) is 0.0149. The lowest BCUT2D eigenvalue weighted by Crippen LogP contribution is -2.28. The van der Waals surface area contributed by atoms with Crippen LogP contribution < -0.4 is 4.90 Å². The number of hydrogen-bond acceptors (Lipinski definition) is 2. The van der Waals surface area contributed by atoms with Crippen LogP contribution in [0.4, 0.5) is 17.1 Å². The summed E-state index contributed by atoms with van der Waals surface area (Å²) in [6.07, 6.45) is 0. The predicted octanol–water partition coefficient (Wildman–Crippen LogP) is 18.1. The Morgan fingerprint density at radius 1 is 0.275 bits per heavy atom. The van der Waals surface area contributed by atoms with Crippen molar-refractivity contribution in [1.29, 1.82) is 0 Å². The molecule has 12 aromatic rings. The predicted molar refractivity (Wildman–Crippen MR) is 287 cm³/mol. The highest BCUT2D eigenvalue weighted by atomic mass is 16.3. The highest BCUT2D eigenvalue weighted by molar-refractivity contribution is 6.06. The number of hydrogen-bond donors (Lipinski definition) is 0. The van der Waals surface area contributed by atoms with Crippen molar-refractivity contribution >= 4 is 39.0 Å². The van der Waals surface area contributed by atoms with Crippen molar-refractivity contribution in [1.82, 2.24) is 0 Å². The maximum absolute atomic E-state index is 6.16. The zero-order valence-corrected chi connectivity index (χ0v) is 37.8. The topological polar surface area (TPSA) is 16.4 Å². The zero-order chi connectivity index (χ0) is 45.7. The minimum absolute atomic E-state index is 0.482. The van der Waals surface area contributed by atoms with Crippen molar-refractivity contribution in [3.8, 4) is 55.6 Å². The summed E-state index contributed by atoms with van der Waals surface area (Å²) in [7, 11) is 0. The second kappa shape index (κ2) is 16.7. The number of nitrogens with zero attached hydrogens (tertiary/aromatic N) is 1. The van der Waals surface area contributed by atoms with E-state index in [0.717, 1.165) is 66.8 Å². The molecule has 324 valence electrons. The van der Waals surface area contributed by atoms with Crippen molar-refractivity contribution in [2.24, 2.45) is 0 Å². The minimum Gasteiger partial charge on any atom is -0.456 e. The third-order valence-corrected chi connectivity index (χ3v) is 14.2. The van der Waals surface area contributed by atoms with Crippen molar-refractivity contribution in [2.75, 3.05) is 4.90 Å². The molecule has 0 radical (unpaired) electrons. The molecular formula is C67H45NO. The summed E-state index contributed by atoms with van der Waals surface area (Å²) < 4.78 is 6.16. The summed E-state index contributed by atoms with van der Waals surface area (Å²) in [6, 6.07) is 99.3. The van der Waals surface area contributed by atoms with Gasteiger partial charge in [-0.1, -0.05) is 218 Å². The van der Waals surface area contributed by atoms with Crippen molar-refractivity contribution < 1.29 is 4.42 Å². The van der Waals surface area contributed by atoms with E-state index in [1.165, 1.54) is 50.1 Å². The van der Waals surface area contributed by atoms with Gasteiger partial charge in [0.1, 0.15) is 11.2 Å². The molecule has 0 aliphatic heterocycles. The van der Waals surface area contributed by atoms with Gasteiger partial charge in [-0.2, -0.15) is 0 Å². The Morgan fingerprint density at radius 2 is 0.725 bits per heavy atom. The maximum atomic E-state index is 6.16.